The summed E-state index contributed by atoms with van der Waals surface area (Å²) < 4.78 is 66.1. The predicted octanol–water partition coefficient (Wildman–Crippen LogP) is 3.59. The Kier molecular flexibility index (Phi) is 5.92. The van der Waals surface area contributed by atoms with E-state index >= 15 is 0 Å². The van der Waals surface area contributed by atoms with Crippen molar-refractivity contribution in [3.05, 3.63) is 29.1 Å². The highest BCUT2D eigenvalue weighted by Crippen LogP contribution is 2.27. The normalized spacial score (nSPS) is 16.7. The molecule has 1 aliphatic rings. The number of hydrogen-bond acceptors (Lipinski definition) is 2. The molecular weight excluding hydrogens is 319 g/mol. The second kappa shape index (κ2) is 7.72. The van der Waals surface area contributed by atoms with Gasteiger partial charge >= 0.3 is 0 Å². The molecule has 0 saturated carbocycles. The molecule has 1 aromatic rings. The van der Waals surface area contributed by atoms with Crippen molar-refractivity contribution in [1.29, 1.82) is 0 Å². The van der Waals surface area contributed by atoms with Gasteiger partial charge in [-0.05, 0) is 25.9 Å². The SMILES string of the molecule is O=C(CN1CCCCCCC1)Nc1c(F)c(F)c(F)c(F)c1F. The summed E-state index contributed by atoms with van der Waals surface area (Å²) in [4.78, 5) is 13.7. The first-order valence-electron chi connectivity index (χ1n) is 7.45. The average Bonchev–Trinajstić information content (AvgIpc) is 2.50. The molecule has 1 aromatic carbocycles. The molecule has 0 radical (unpaired) electrons. The fourth-order valence-electron chi connectivity index (χ4n) is 2.57. The summed E-state index contributed by atoms with van der Waals surface area (Å²) in [6.45, 7) is 1.16. The molecule has 0 bridgehead atoms. The molecule has 1 aliphatic heterocycles. The second-order valence-corrected chi connectivity index (χ2v) is 5.54. The van der Waals surface area contributed by atoms with Crippen molar-refractivity contribution in [2.75, 3.05) is 25.0 Å². The number of nitrogens with one attached hydrogen (secondary N) is 1. The van der Waals surface area contributed by atoms with Crippen LogP contribution in [0.25, 0.3) is 0 Å². The first kappa shape index (κ1) is 17.7. The minimum atomic E-state index is -2.25. The third-order valence-corrected chi connectivity index (χ3v) is 3.79. The van der Waals surface area contributed by atoms with Gasteiger partial charge in [0.15, 0.2) is 23.3 Å². The van der Waals surface area contributed by atoms with Crippen molar-refractivity contribution >= 4 is 11.6 Å². The van der Waals surface area contributed by atoms with E-state index in [0.29, 0.717) is 13.1 Å². The van der Waals surface area contributed by atoms with Crippen LogP contribution in [0.4, 0.5) is 27.6 Å². The van der Waals surface area contributed by atoms with Gasteiger partial charge < -0.3 is 5.32 Å². The van der Waals surface area contributed by atoms with Gasteiger partial charge in [-0.25, -0.2) is 22.0 Å². The summed E-state index contributed by atoms with van der Waals surface area (Å²) in [6.07, 6.45) is 5.00. The Morgan fingerprint density at radius 3 is 1.74 bits per heavy atom. The van der Waals surface area contributed by atoms with Crippen LogP contribution in [0.1, 0.15) is 32.1 Å². The van der Waals surface area contributed by atoms with E-state index in [1.807, 2.05) is 0 Å². The van der Waals surface area contributed by atoms with Gasteiger partial charge in [0, 0.05) is 0 Å². The van der Waals surface area contributed by atoms with Crippen molar-refractivity contribution in [2.45, 2.75) is 32.1 Å². The Labute approximate surface area is 130 Å². The van der Waals surface area contributed by atoms with Crippen molar-refractivity contribution in [2.24, 2.45) is 0 Å². The Bertz CT molecular complexity index is 557. The third kappa shape index (κ3) is 4.19. The molecule has 0 atom stereocenters. The van der Waals surface area contributed by atoms with Crippen LogP contribution < -0.4 is 5.32 Å². The van der Waals surface area contributed by atoms with Gasteiger partial charge in [0.2, 0.25) is 11.7 Å². The number of rotatable bonds is 3. The summed E-state index contributed by atoms with van der Waals surface area (Å²) in [5, 5.41) is 1.79. The standard InChI is InChI=1S/C15H17F5N2O/c16-10-11(17)13(19)15(14(20)12(10)18)21-9(23)8-22-6-4-2-1-3-5-7-22/h1-8H2,(H,21,23). The highest BCUT2D eigenvalue weighted by Gasteiger charge is 2.27. The van der Waals surface area contributed by atoms with E-state index in [-0.39, 0.29) is 6.54 Å². The van der Waals surface area contributed by atoms with Crippen LogP contribution in [0.15, 0.2) is 0 Å². The van der Waals surface area contributed by atoms with Gasteiger partial charge in [0.1, 0.15) is 5.69 Å². The highest BCUT2D eigenvalue weighted by atomic mass is 19.2. The number of nitrogens with zero attached hydrogens (tertiary/aromatic N) is 1. The molecule has 1 N–H and O–H groups in total. The summed E-state index contributed by atoms with van der Waals surface area (Å²) in [7, 11) is 0. The van der Waals surface area contributed by atoms with Gasteiger partial charge in [0.05, 0.1) is 6.54 Å². The lowest BCUT2D eigenvalue weighted by Gasteiger charge is -2.23. The molecule has 1 saturated heterocycles. The monoisotopic (exact) mass is 336 g/mol. The molecular formula is C15H17F5N2O. The van der Waals surface area contributed by atoms with E-state index in [9.17, 15) is 26.7 Å². The molecule has 3 nitrogen and oxygen atoms in total. The number of amides is 1. The van der Waals surface area contributed by atoms with E-state index in [1.54, 1.807) is 10.2 Å². The maximum absolute atomic E-state index is 13.5. The van der Waals surface area contributed by atoms with Gasteiger partial charge in [-0.2, -0.15) is 0 Å². The van der Waals surface area contributed by atoms with E-state index in [1.165, 1.54) is 0 Å². The third-order valence-electron chi connectivity index (χ3n) is 3.79. The smallest absolute Gasteiger partial charge is 0.238 e. The number of hydrogen-bond donors (Lipinski definition) is 1. The summed E-state index contributed by atoms with van der Waals surface area (Å²) in [5.74, 6) is -11.3. The van der Waals surface area contributed by atoms with E-state index < -0.39 is 40.7 Å². The number of carbonyl (C=O) groups excluding carboxylic acids is 1. The number of benzene rings is 1. The maximum Gasteiger partial charge on any atom is 0.238 e. The fraction of sp³-hybridized carbons (Fsp3) is 0.533. The van der Waals surface area contributed by atoms with E-state index in [2.05, 4.69) is 0 Å². The Morgan fingerprint density at radius 1 is 0.783 bits per heavy atom. The van der Waals surface area contributed by atoms with Crippen LogP contribution in [-0.4, -0.2) is 30.4 Å². The molecule has 1 amide bonds. The highest BCUT2D eigenvalue weighted by molar-refractivity contribution is 5.92. The second-order valence-electron chi connectivity index (χ2n) is 5.54. The zero-order valence-corrected chi connectivity index (χ0v) is 12.4. The van der Waals surface area contributed by atoms with Crippen LogP contribution >= 0.6 is 0 Å². The molecule has 1 heterocycles. The minimum Gasteiger partial charge on any atom is -0.320 e. The molecule has 0 aliphatic carbocycles. The quantitative estimate of drug-likeness (QED) is 0.520. The van der Waals surface area contributed by atoms with Gasteiger partial charge in [-0.15, -0.1) is 0 Å². The summed E-state index contributed by atoms with van der Waals surface area (Å²) >= 11 is 0. The number of likely N-dealkylation sites (tertiary alicyclic amines) is 1. The molecule has 2 rings (SSSR count). The first-order valence-corrected chi connectivity index (χ1v) is 7.45. The van der Waals surface area contributed by atoms with Gasteiger partial charge in [-0.3, -0.25) is 9.69 Å². The summed E-state index contributed by atoms with van der Waals surface area (Å²) in [5.41, 5.74) is -1.31. The first-order chi connectivity index (χ1) is 10.9. The molecule has 23 heavy (non-hydrogen) atoms. The number of halogens is 5. The molecule has 0 spiro atoms. The number of anilines is 1. The molecule has 8 heteroatoms. The van der Waals surface area contributed by atoms with Crippen LogP contribution in [0.3, 0.4) is 0 Å². The molecule has 128 valence electrons. The zero-order valence-electron chi connectivity index (χ0n) is 12.4. The maximum atomic E-state index is 13.5. The van der Waals surface area contributed by atoms with Crippen LogP contribution in [0.5, 0.6) is 0 Å². The van der Waals surface area contributed by atoms with Gasteiger partial charge in [0.25, 0.3) is 0 Å². The molecule has 1 fully saturated rings. The summed E-state index contributed by atoms with van der Waals surface area (Å²) in [6, 6.07) is 0. The van der Waals surface area contributed by atoms with E-state index in [4.69, 9.17) is 0 Å². The van der Waals surface area contributed by atoms with Crippen LogP contribution in [-0.2, 0) is 4.79 Å². The van der Waals surface area contributed by atoms with Crippen LogP contribution in [0.2, 0.25) is 0 Å². The Morgan fingerprint density at radius 2 is 1.22 bits per heavy atom. The lowest BCUT2D eigenvalue weighted by molar-refractivity contribution is -0.117. The predicted molar refractivity (Wildman–Crippen MR) is 74.4 cm³/mol. The topological polar surface area (TPSA) is 32.3 Å². The Balaban J connectivity index is 2.08. The van der Waals surface area contributed by atoms with Gasteiger partial charge in [-0.1, -0.05) is 19.3 Å². The van der Waals surface area contributed by atoms with Crippen molar-refractivity contribution < 1.29 is 26.7 Å². The van der Waals surface area contributed by atoms with Crippen molar-refractivity contribution in [3.8, 4) is 0 Å². The molecule has 0 unspecified atom stereocenters. The van der Waals surface area contributed by atoms with Crippen molar-refractivity contribution in [1.82, 2.24) is 4.90 Å². The molecule has 0 aromatic heterocycles. The average molecular weight is 336 g/mol. The lowest BCUT2D eigenvalue weighted by atomic mass is 10.1. The van der Waals surface area contributed by atoms with E-state index in [0.717, 1.165) is 32.1 Å². The zero-order chi connectivity index (χ0) is 17.0. The van der Waals surface area contributed by atoms with Crippen LogP contribution in [0, 0.1) is 29.1 Å². The van der Waals surface area contributed by atoms with Crippen molar-refractivity contribution in [3.63, 3.8) is 0 Å². The largest absolute Gasteiger partial charge is 0.320 e. The fourth-order valence-corrected chi connectivity index (χ4v) is 2.57. The minimum absolute atomic E-state index is 0.153. The lowest BCUT2D eigenvalue weighted by Crippen LogP contribution is -2.35. The Hall–Kier alpha value is -1.70. The number of carbonyl (C=O) groups is 1.